The molecule has 14 heavy (non-hydrogen) atoms. The van der Waals surface area contributed by atoms with Gasteiger partial charge in [0.15, 0.2) is 5.78 Å². The molecule has 0 aromatic rings. The van der Waals surface area contributed by atoms with Crippen molar-refractivity contribution in [1.82, 2.24) is 0 Å². The minimum atomic E-state index is -0.249. The van der Waals surface area contributed by atoms with Gasteiger partial charge in [0.2, 0.25) is 0 Å². The zero-order valence-electron chi connectivity index (χ0n) is 8.33. The number of aliphatic hydroxyl groups excluding tert-OH is 1. The topological polar surface area (TPSA) is 37.3 Å². The second kappa shape index (κ2) is 2.69. The molecule has 1 spiro atoms. The van der Waals surface area contributed by atoms with Crippen molar-refractivity contribution in [2.45, 2.75) is 44.6 Å². The Morgan fingerprint density at radius 3 is 3.07 bits per heavy atom. The Hall–Kier alpha value is -0.630. The van der Waals surface area contributed by atoms with Crippen molar-refractivity contribution in [3.05, 3.63) is 11.6 Å². The summed E-state index contributed by atoms with van der Waals surface area (Å²) in [6.45, 7) is 0. The highest BCUT2D eigenvalue weighted by Gasteiger charge is 2.56. The molecule has 2 fully saturated rings. The van der Waals surface area contributed by atoms with Crippen molar-refractivity contribution >= 4 is 5.78 Å². The fourth-order valence-corrected chi connectivity index (χ4v) is 3.90. The molecule has 0 bridgehead atoms. The first-order valence-corrected chi connectivity index (χ1v) is 5.65. The molecule has 0 radical (unpaired) electrons. The maximum atomic E-state index is 11.5. The molecule has 0 aromatic heterocycles. The molecule has 3 rings (SSSR count). The summed E-state index contributed by atoms with van der Waals surface area (Å²) in [6, 6.07) is 0. The molecular formula is C12H16O2. The van der Waals surface area contributed by atoms with Crippen LogP contribution in [-0.4, -0.2) is 17.0 Å². The van der Waals surface area contributed by atoms with Crippen LogP contribution in [0.4, 0.5) is 0 Å². The molecular weight excluding hydrogens is 176 g/mol. The monoisotopic (exact) mass is 192 g/mol. The average molecular weight is 192 g/mol. The molecule has 3 atom stereocenters. The lowest BCUT2D eigenvalue weighted by atomic mass is 9.64. The summed E-state index contributed by atoms with van der Waals surface area (Å²) in [6.07, 6.45) is 7.63. The molecule has 3 aliphatic rings. The number of hydrogen-bond donors (Lipinski definition) is 1. The summed E-state index contributed by atoms with van der Waals surface area (Å²) in [5, 5.41) is 10.2. The van der Waals surface area contributed by atoms with Gasteiger partial charge in [-0.25, -0.2) is 0 Å². The molecule has 76 valence electrons. The predicted molar refractivity (Wildman–Crippen MR) is 52.7 cm³/mol. The Bertz CT molecular complexity index is 318. The molecule has 0 heterocycles. The van der Waals surface area contributed by atoms with Crippen molar-refractivity contribution in [3.63, 3.8) is 0 Å². The van der Waals surface area contributed by atoms with Crippen molar-refractivity contribution in [1.29, 1.82) is 0 Å². The van der Waals surface area contributed by atoms with Crippen LogP contribution in [0, 0.1) is 11.3 Å². The first kappa shape index (κ1) is 8.66. The van der Waals surface area contributed by atoms with Gasteiger partial charge in [-0.05, 0) is 37.7 Å². The molecule has 1 N–H and O–H groups in total. The van der Waals surface area contributed by atoms with Gasteiger partial charge in [0, 0.05) is 11.8 Å². The van der Waals surface area contributed by atoms with Crippen molar-refractivity contribution < 1.29 is 9.90 Å². The van der Waals surface area contributed by atoms with Gasteiger partial charge in [-0.1, -0.05) is 12.0 Å². The van der Waals surface area contributed by atoms with Crippen LogP contribution in [-0.2, 0) is 4.79 Å². The summed E-state index contributed by atoms with van der Waals surface area (Å²) in [5.41, 5.74) is 1.16. The van der Waals surface area contributed by atoms with Crippen LogP contribution >= 0.6 is 0 Å². The Morgan fingerprint density at radius 2 is 2.21 bits per heavy atom. The van der Waals surface area contributed by atoms with E-state index in [1.165, 1.54) is 18.4 Å². The maximum absolute atomic E-state index is 11.5. The lowest BCUT2D eigenvalue weighted by Gasteiger charge is -2.42. The summed E-state index contributed by atoms with van der Waals surface area (Å²) in [4.78, 5) is 11.5. The fourth-order valence-electron chi connectivity index (χ4n) is 3.90. The van der Waals surface area contributed by atoms with Gasteiger partial charge in [0.25, 0.3) is 0 Å². The van der Waals surface area contributed by atoms with Gasteiger partial charge < -0.3 is 5.11 Å². The van der Waals surface area contributed by atoms with Gasteiger partial charge in [0.1, 0.15) is 0 Å². The van der Waals surface area contributed by atoms with Gasteiger partial charge in [-0.15, -0.1) is 0 Å². The molecule has 3 aliphatic carbocycles. The highest BCUT2D eigenvalue weighted by molar-refractivity contribution is 5.95. The Labute approximate surface area is 84.0 Å². The van der Waals surface area contributed by atoms with E-state index in [-0.39, 0.29) is 17.3 Å². The van der Waals surface area contributed by atoms with Gasteiger partial charge in [-0.2, -0.15) is 0 Å². The minimum Gasteiger partial charge on any atom is -0.392 e. The van der Waals surface area contributed by atoms with E-state index in [9.17, 15) is 9.90 Å². The quantitative estimate of drug-likeness (QED) is 0.635. The van der Waals surface area contributed by atoms with E-state index in [2.05, 4.69) is 0 Å². The zero-order chi connectivity index (χ0) is 9.76. The molecule has 0 amide bonds. The highest BCUT2D eigenvalue weighted by Crippen LogP contribution is 2.59. The van der Waals surface area contributed by atoms with Crippen LogP contribution in [0.3, 0.4) is 0 Å². The molecule has 0 saturated heterocycles. The van der Waals surface area contributed by atoms with E-state index in [4.69, 9.17) is 0 Å². The molecule has 2 nitrogen and oxygen atoms in total. The van der Waals surface area contributed by atoms with Crippen LogP contribution < -0.4 is 0 Å². The second-order valence-electron chi connectivity index (χ2n) is 5.04. The Kier molecular flexibility index (Phi) is 1.67. The minimum absolute atomic E-state index is 0.102. The lowest BCUT2D eigenvalue weighted by molar-refractivity contribution is -0.118. The van der Waals surface area contributed by atoms with Crippen LogP contribution in [0.15, 0.2) is 11.6 Å². The number of allylic oxidation sites excluding steroid dienone is 1. The van der Waals surface area contributed by atoms with Crippen molar-refractivity contribution in [2.24, 2.45) is 11.3 Å². The summed E-state index contributed by atoms with van der Waals surface area (Å²) in [5.74, 6) is 0.828. The van der Waals surface area contributed by atoms with Gasteiger partial charge >= 0.3 is 0 Å². The lowest BCUT2D eigenvalue weighted by Crippen LogP contribution is -2.42. The van der Waals surface area contributed by atoms with Crippen molar-refractivity contribution in [3.8, 4) is 0 Å². The van der Waals surface area contributed by atoms with E-state index in [0.29, 0.717) is 12.3 Å². The van der Waals surface area contributed by atoms with Gasteiger partial charge in [-0.3, -0.25) is 4.79 Å². The zero-order valence-corrected chi connectivity index (χ0v) is 8.33. The van der Waals surface area contributed by atoms with Gasteiger partial charge in [0.05, 0.1) is 6.10 Å². The summed E-state index contributed by atoms with van der Waals surface area (Å²) >= 11 is 0. The largest absolute Gasteiger partial charge is 0.392 e. The normalized spacial score (nSPS) is 46.1. The van der Waals surface area contributed by atoms with E-state index >= 15 is 0 Å². The molecule has 2 heteroatoms. The number of rotatable bonds is 0. The van der Waals surface area contributed by atoms with E-state index < -0.39 is 0 Å². The SMILES string of the molecule is O=C1C=C2CC[C@H]3CCC[C@H](O)[C@@]23C1. The number of ketones is 1. The summed E-state index contributed by atoms with van der Waals surface area (Å²) in [7, 11) is 0. The number of carbonyl (C=O) groups is 1. The Morgan fingerprint density at radius 1 is 1.36 bits per heavy atom. The number of aliphatic hydroxyl groups is 1. The molecule has 0 aromatic carbocycles. The predicted octanol–water partition coefficient (Wildman–Crippen LogP) is 1.83. The second-order valence-corrected chi connectivity index (χ2v) is 5.04. The molecule has 0 aliphatic heterocycles. The van der Waals surface area contributed by atoms with Crippen LogP contribution in [0.2, 0.25) is 0 Å². The van der Waals surface area contributed by atoms with E-state index in [0.717, 1.165) is 19.3 Å². The maximum Gasteiger partial charge on any atom is 0.156 e. The third-order valence-corrected chi connectivity index (χ3v) is 4.52. The Balaban J connectivity index is 2.06. The third-order valence-electron chi connectivity index (χ3n) is 4.52. The smallest absolute Gasteiger partial charge is 0.156 e. The van der Waals surface area contributed by atoms with Crippen molar-refractivity contribution in [2.75, 3.05) is 0 Å². The third kappa shape index (κ3) is 0.876. The van der Waals surface area contributed by atoms with Crippen LogP contribution in [0.1, 0.15) is 38.5 Å². The number of carbonyl (C=O) groups excluding carboxylic acids is 1. The average Bonchev–Trinajstić information content (AvgIpc) is 2.61. The summed E-state index contributed by atoms with van der Waals surface area (Å²) < 4.78 is 0. The highest BCUT2D eigenvalue weighted by atomic mass is 16.3. The first-order valence-electron chi connectivity index (χ1n) is 5.65. The molecule has 2 saturated carbocycles. The number of hydrogen-bond acceptors (Lipinski definition) is 2. The molecule has 0 unspecified atom stereocenters. The first-order chi connectivity index (χ1) is 6.73. The van der Waals surface area contributed by atoms with Crippen LogP contribution in [0.5, 0.6) is 0 Å². The van der Waals surface area contributed by atoms with E-state index in [1.807, 2.05) is 6.08 Å². The van der Waals surface area contributed by atoms with E-state index in [1.54, 1.807) is 0 Å². The standard InChI is InChI=1S/C12H16O2/c13-10-6-9-5-4-8-2-1-3-11(14)12(8,9)7-10/h6,8,11,14H,1-5,7H2/t8-,11+,12-/m1/s1. The van der Waals surface area contributed by atoms with Crippen LogP contribution in [0.25, 0.3) is 0 Å². The fraction of sp³-hybridized carbons (Fsp3) is 0.750.